The molecule has 138 valence electrons. The average molecular weight is 394 g/mol. The van der Waals surface area contributed by atoms with Gasteiger partial charge < -0.3 is 4.90 Å². The van der Waals surface area contributed by atoms with Crippen LogP contribution in [0.3, 0.4) is 0 Å². The predicted molar refractivity (Wildman–Crippen MR) is 104 cm³/mol. The fourth-order valence-electron chi connectivity index (χ4n) is 3.08. The molecule has 7 heteroatoms. The van der Waals surface area contributed by atoms with Crippen molar-refractivity contribution in [2.24, 2.45) is 0 Å². The summed E-state index contributed by atoms with van der Waals surface area (Å²) in [6.45, 7) is 0. The molecule has 1 aliphatic heterocycles. The smallest absolute Gasteiger partial charge is 0.237 e. The molecule has 3 rings (SSSR count). The van der Waals surface area contributed by atoms with Crippen LogP contribution < -0.4 is 4.90 Å². The zero-order valence-electron chi connectivity index (χ0n) is 14.2. The second-order valence-corrected chi connectivity index (χ2v) is 9.49. The van der Waals surface area contributed by atoms with Crippen molar-refractivity contribution in [2.45, 2.75) is 18.2 Å². The Kier molecular flexibility index (Phi) is 5.98. The van der Waals surface area contributed by atoms with Gasteiger partial charge in [-0.15, -0.1) is 11.8 Å². The summed E-state index contributed by atoms with van der Waals surface area (Å²) in [5.74, 6) is 0.431. The zero-order valence-corrected chi connectivity index (χ0v) is 15.8. The molecule has 26 heavy (non-hydrogen) atoms. The molecule has 0 aliphatic carbocycles. The number of benzene rings is 2. The number of nitrogens with zero attached hydrogens (tertiary/aromatic N) is 1. The van der Waals surface area contributed by atoms with Gasteiger partial charge in [0.1, 0.15) is 5.82 Å². The molecule has 0 N–H and O–H groups in total. The highest BCUT2D eigenvalue weighted by Crippen LogP contribution is 2.26. The highest BCUT2D eigenvalue weighted by Gasteiger charge is 2.35. The van der Waals surface area contributed by atoms with E-state index >= 15 is 0 Å². The Labute approximate surface area is 157 Å². The monoisotopic (exact) mass is 393 g/mol. The molecule has 1 heterocycles. The van der Waals surface area contributed by atoms with Crippen LogP contribution in [0.25, 0.3) is 0 Å². The Morgan fingerprint density at radius 3 is 2.58 bits per heavy atom. The first-order valence-electron chi connectivity index (χ1n) is 8.34. The summed E-state index contributed by atoms with van der Waals surface area (Å²) in [5, 5.41) is 0. The lowest BCUT2D eigenvalue weighted by Gasteiger charge is -2.28. The van der Waals surface area contributed by atoms with E-state index in [0.717, 1.165) is 5.56 Å². The maximum absolute atomic E-state index is 13.2. The third-order valence-corrected chi connectivity index (χ3v) is 7.00. The molecule has 1 amide bonds. The van der Waals surface area contributed by atoms with Gasteiger partial charge in [-0.2, -0.15) is 0 Å². The van der Waals surface area contributed by atoms with E-state index in [1.165, 1.54) is 23.9 Å². The summed E-state index contributed by atoms with van der Waals surface area (Å²) in [5.41, 5.74) is 1.53. The van der Waals surface area contributed by atoms with Crippen LogP contribution in [-0.2, 0) is 20.4 Å². The van der Waals surface area contributed by atoms with Gasteiger partial charge in [0.15, 0.2) is 9.84 Å². The number of para-hydroxylation sites is 1. The van der Waals surface area contributed by atoms with Crippen molar-refractivity contribution >= 4 is 33.2 Å². The summed E-state index contributed by atoms with van der Waals surface area (Å²) >= 11 is 1.40. The van der Waals surface area contributed by atoms with Gasteiger partial charge in [0.2, 0.25) is 5.91 Å². The Morgan fingerprint density at radius 2 is 1.92 bits per heavy atom. The summed E-state index contributed by atoms with van der Waals surface area (Å²) in [6, 6.07) is 15.1. The van der Waals surface area contributed by atoms with Gasteiger partial charge in [-0.1, -0.05) is 30.3 Å². The first kappa shape index (κ1) is 18.9. The second-order valence-electron chi connectivity index (χ2n) is 6.28. The summed E-state index contributed by atoms with van der Waals surface area (Å²) in [6.07, 6.45) is 0.456. The van der Waals surface area contributed by atoms with Crippen LogP contribution in [0.2, 0.25) is 0 Å². The molecule has 0 spiro atoms. The summed E-state index contributed by atoms with van der Waals surface area (Å²) < 4.78 is 36.9. The van der Waals surface area contributed by atoms with Crippen molar-refractivity contribution in [1.82, 2.24) is 0 Å². The van der Waals surface area contributed by atoms with Gasteiger partial charge >= 0.3 is 0 Å². The molecule has 0 radical (unpaired) electrons. The number of thioether (sulfide) groups is 1. The zero-order chi connectivity index (χ0) is 18.6. The number of hydrogen-bond acceptors (Lipinski definition) is 4. The van der Waals surface area contributed by atoms with E-state index in [0.29, 0.717) is 17.9 Å². The van der Waals surface area contributed by atoms with Gasteiger partial charge in [-0.25, -0.2) is 12.8 Å². The Balaban J connectivity index is 1.69. The second kappa shape index (κ2) is 8.22. The third kappa shape index (κ3) is 4.86. The van der Waals surface area contributed by atoms with Crippen LogP contribution in [0.4, 0.5) is 10.1 Å². The molecule has 1 aliphatic rings. The van der Waals surface area contributed by atoms with Crippen molar-refractivity contribution in [1.29, 1.82) is 0 Å². The first-order valence-corrected chi connectivity index (χ1v) is 11.3. The number of halogens is 1. The van der Waals surface area contributed by atoms with Gasteiger partial charge in [0, 0.05) is 11.4 Å². The van der Waals surface area contributed by atoms with Crippen molar-refractivity contribution < 1.29 is 17.6 Å². The van der Waals surface area contributed by atoms with Crippen molar-refractivity contribution in [2.75, 3.05) is 22.2 Å². The van der Waals surface area contributed by atoms with Crippen LogP contribution in [-0.4, -0.2) is 37.6 Å². The highest BCUT2D eigenvalue weighted by atomic mass is 32.2. The Morgan fingerprint density at radius 1 is 1.15 bits per heavy atom. The maximum atomic E-state index is 13.2. The molecule has 2 aromatic rings. The van der Waals surface area contributed by atoms with Crippen molar-refractivity contribution in [3.63, 3.8) is 0 Å². The molecular formula is C19H20FNO3S2. The first-order chi connectivity index (χ1) is 12.4. The molecular weight excluding hydrogens is 373 g/mol. The Bertz CT molecular complexity index is 871. The van der Waals surface area contributed by atoms with Gasteiger partial charge in [0.25, 0.3) is 0 Å². The molecule has 4 nitrogen and oxygen atoms in total. The minimum absolute atomic E-state index is 0.00218. The molecule has 0 unspecified atom stereocenters. The minimum atomic E-state index is -3.09. The normalized spacial score (nSPS) is 18.6. The fraction of sp³-hybridized carbons (Fsp3) is 0.316. The lowest BCUT2D eigenvalue weighted by atomic mass is 10.2. The van der Waals surface area contributed by atoms with Crippen molar-refractivity contribution in [3.05, 3.63) is 66.0 Å². The van der Waals surface area contributed by atoms with Gasteiger partial charge in [0.05, 0.1) is 23.3 Å². The molecule has 1 fully saturated rings. The molecule has 1 atom stereocenters. The van der Waals surface area contributed by atoms with Gasteiger partial charge in [-0.3, -0.25) is 4.79 Å². The van der Waals surface area contributed by atoms with E-state index in [4.69, 9.17) is 0 Å². The van der Waals surface area contributed by atoms with E-state index in [-0.39, 0.29) is 35.0 Å². The number of hydrogen-bond donors (Lipinski definition) is 0. The van der Waals surface area contributed by atoms with Crippen LogP contribution in [0.5, 0.6) is 0 Å². The molecule has 0 bridgehead atoms. The summed E-state index contributed by atoms with van der Waals surface area (Å²) in [4.78, 5) is 14.4. The van der Waals surface area contributed by atoms with Crippen LogP contribution in [0, 0.1) is 5.82 Å². The van der Waals surface area contributed by atoms with E-state index < -0.39 is 9.84 Å². The van der Waals surface area contributed by atoms with Crippen molar-refractivity contribution in [3.8, 4) is 0 Å². The molecule has 1 saturated heterocycles. The van der Waals surface area contributed by atoms with Gasteiger partial charge in [-0.05, 0) is 36.2 Å². The number of anilines is 1. The summed E-state index contributed by atoms with van der Waals surface area (Å²) in [7, 11) is -3.09. The van der Waals surface area contributed by atoms with Crippen LogP contribution in [0.15, 0.2) is 54.6 Å². The standard InChI is InChI=1S/C19H20FNO3S2/c20-16-6-4-5-15(11-16)12-25-13-19(22)21(17-7-2-1-3-8-17)18-9-10-26(23,24)14-18/h1-8,11,18H,9-10,12-14H2/t18-/m0/s1. The average Bonchev–Trinajstić information content (AvgIpc) is 2.96. The number of sulfone groups is 1. The lowest BCUT2D eigenvalue weighted by Crippen LogP contribution is -2.42. The fourth-order valence-corrected chi connectivity index (χ4v) is 5.61. The van der Waals surface area contributed by atoms with Crippen LogP contribution >= 0.6 is 11.8 Å². The number of carbonyl (C=O) groups excluding carboxylic acids is 1. The molecule has 0 saturated carbocycles. The van der Waals surface area contributed by atoms with E-state index in [9.17, 15) is 17.6 Å². The SMILES string of the molecule is O=C(CSCc1cccc(F)c1)N(c1ccccc1)[C@H]1CCS(=O)(=O)C1. The third-order valence-electron chi connectivity index (χ3n) is 4.26. The topological polar surface area (TPSA) is 54.5 Å². The number of amides is 1. The minimum Gasteiger partial charge on any atom is -0.308 e. The predicted octanol–water partition coefficient (Wildman–Crippen LogP) is 3.28. The lowest BCUT2D eigenvalue weighted by molar-refractivity contribution is -0.116. The van der Waals surface area contributed by atoms with E-state index in [1.807, 2.05) is 36.4 Å². The largest absolute Gasteiger partial charge is 0.308 e. The Hall–Kier alpha value is -1.86. The quantitative estimate of drug-likeness (QED) is 0.756. The maximum Gasteiger partial charge on any atom is 0.237 e. The van der Waals surface area contributed by atoms with E-state index in [1.54, 1.807) is 11.0 Å². The van der Waals surface area contributed by atoms with E-state index in [2.05, 4.69) is 0 Å². The molecule has 0 aromatic heterocycles. The van der Waals surface area contributed by atoms with Crippen LogP contribution in [0.1, 0.15) is 12.0 Å². The highest BCUT2D eigenvalue weighted by molar-refractivity contribution is 7.99. The molecule has 2 aromatic carbocycles. The number of carbonyl (C=O) groups is 1. The number of rotatable bonds is 6.